The number of carbonyl (C=O) groups excluding carboxylic acids is 3. The van der Waals surface area contributed by atoms with Gasteiger partial charge in [-0.15, -0.1) is 0 Å². The summed E-state index contributed by atoms with van der Waals surface area (Å²) >= 11 is 0. The van der Waals surface area contributed by atoms with E-state index in [4.69, 9.17) is 0 Å². The van der Waals surface area contributed by atoms with Gasteiger partial charge in [0.1, 0.15) is 0 Å². The predicted octanol–water partition coefficient (Wildman–Crippen LogP) is 3.40. The third kappa shape index (κ3) is 4.23. The fraction of sp³-hybridized carbons (Fsp3) is 0.550. The lowest BCUT2D eigenvalue weighted by Gasteiger charge is -2.44. The highest BCUT2D eigenvalue weighted by atomic mass is 16.2. The molecule has 26 heavy (non-hydrogen) atoms. The molecule has 1 aliphatic heterocycles. The average molecular weight is 357 g/mol. The largest absolute Gasteiger partial charge is 0.335 e. The molecule has 0 bridgehead atoms. The van der Waals surface area contributed by atoms with Crippen LogP contribution in [0, 0.1) is 5.92 Å². The Morgan fingerprint density at radius 1 is 0.885 bits per heavy atom. The Bertz CT molecular complexity index is 680. The molecule has 140 valence electrons. The third-order valence-electron chi connectivity index (χ3n) is 5.32. The van der Waals surface area contributed by atoms with Crippen LogP contribution in [0.5, 0.6) is 0 Å². The van der Waals surface area contributed by atoms with Crippen LogP contribution in [0.3, 0.4) is 0 Å². The SMILES string of the molecule is CC(=O)Nc1cc(NC(C)=O)cc(C(=O)N2CCC[C@H]3CCCC[C@H]32)c1. The molecule has 1 saturated heterocycles. The first-order valence-electron chi connectivity index (χ1n) is 9.45. The van der Waals surface area contributed by atoms with Gasteiger partial charge in [-0.2, -0.15) is 0 Å². The monoisotopic (exact) mass is 357 g/mol. The number of fused-ring (bicyclic) bond motifs is 1. The molecule has 1 aromatic carbocycles. The maximum Gasteiger partial charge on any atom is 0.254 e. The Morgan fingerprint density at radius 3 is 2.08 bits per heavy atom. The standard InChI is InChI=1S/C20H27N3O3/c1-13(24)21-17-10-16(11-18(12-17)22-14(2)25)20(26)23-9-5-7-15-6-3-4-8-19(15)23/h10-12,15,19H,3-9H2,1-2H3,(H,21,24)(H,22,25)/t15-,19-/m1/s1. The second-order valence-electron chi connectivity index (χ2n) is 7.41. The summed E-state index contributed by atoms with van der Waals surface area (Å²) in [4.78, 5) is 38.1. The Balaban J connectivity index is 1.89. The molecule has 0 unspecified atom stereocenters. The number of amides is 3. The lowest BCUT2D eigenvalue weighted by atomic mass is 9.78. The quantitative estimate of drug-likeness (QED) is 0.870. The van der Waals surface area contributed by atoms with E-state index >= 15 is 0 Å². The Morgan fingerprint density at radius 2 is 1.46 bits per heavy atom. The molecular formula is C20H27N3O3. The van der Waals surface area contributed by atoms with Crippen molar-refractivity contribution in [2.75, 3.05) is 17.2 Å². The van der Waals surface area contributed by atoms with E-state index in [0.717, 1.165) is 19.4 Å². The fourth-order valence-corrected chi connectivity index (χ4v) is 4.34. The Hall–Kier alpha value is -2.37. The molecule has 1 aromatic rings. The van der Waals surface area contributed by atoms with Crippen LogP contribution in [-0.2, 0) is 9.59 Å². The van der Waals surface area contributed by atoms with Crippen molar-refractivity contribution in [2.24, 2.45) is 5.92 Å². The van der Waals surface area contributed by atoms with Crippen molar-refractivity contribution in [1.29, 1.82) is 0 Å². The van der Waals surface area contributed by atoms with Gasteiger partial charge >= 0.3 is 0 Å². The van der Waals surface area contributed by atoms with E-state index in [-0.39, 0.29) is 17.7 Å². The fourth-order valence-electron chi connectivity index (χ4n) is 4.34. The Labute approximate surface area is 154 Å². The van der Waals surface area contributed by atoms with Gasteiger partial charge in [-0.3, -0.25) is 14.4 Å². The normalized spacial score (nSPS) is 22.3. The van der Waals surface area contributed by atoms with Crippen molar-refractivity contribution in [3.8, 4) is 0 Å². The van der Waals surface area contributed by atoms with E-state index in [1.807, 2.05) is 4.90 Å². The molecule has 3 rings (SSSR count). The van der Waals surface area contributed by atoms with Crippen LogP contribution in [0.1, 0.15) is 62.7 Å². The summed E-state index contributed by atoms with van der Waals surface area (Å²) in [6.45, 7) is 3.62. The average Bonchev–Trinajstić information content (AvgIpc) is 2.59. The first-order valence-corrected chi connectivity index (χ1v) is 9.45. The zero-order valence-corrected chi connectivity index (χ0v) is 15.5. The van der Waals surface area contributed by atoms with E-state index in [9.17, 15) is 14.4 Å². The molecule has 1 heterocycles. The third-order valence-corrected chi connectivity index (χ3v) is 5.32. The smallest absolute Gasteiger partial charge is 0.254 e. The first-order chi connectivity index (χ1) is 12.4. The molecule has 1 aliphatic carbocycles. The summed E-state index contributed by atoms with van der Waals surface area (Å²) in [5.41, 5.74) is 1.54. The zero-order valence-electron chi connectivity index (χ0n) is 15.5. The molecule has 0 spiro atoms. The van der Waals surface area contributed by atoms with E-state index in [1.165, 1.54) is 39.5 Å². The van der Waals surface area contributed by atoms with Crippen molar-refractivity contribution in [1.82, 2.24) is 4.90 Å². The Kier molecular flexibility index (Phi) is 5.59. The minimum Gasteiger partial charge on any atom is -0.335 e. The van der Waals surface area contributed by atoms with Crippen LogP contribution >= 0.6 is 0 Å². The van der Waals surface area contributed by atoms with Gasteiger partial charge < -0.3 is 15.5 Å². The van der Waals surface area contributed by atoms with E-state index in [1.54, 1.807) is 18.2 Å². The number of nitrogens with one attached hydrogen (secondary N) is 2. The van der Waals surface area contributed by atoms with Crippen LogP contribution in [0.25, 0.3) is 0 Å². The minimum atomic E-state index is -0.214. The molecule has 6 heteroatoms. The molecule has 6 nitrogen and oxygen atoms in total. The highest BCUT2D eigenvalue weighted by Gasteiger charge is 2.36. The number of likely N-dealkylation sites (tertiary alicyclic amines) is 1. The number of hydrogen-bond donors (Lipinski definition) is 2. The molecule has 2 atom stereocenters. The van der Waals surface area contributed by atoms with Gasteiger partial charge in [0.15, 0.2) is 0 Å². The summed E-state index contributed by atoms with van der Waals surface area (Å²) in [5.74, 6) is 0.164. The van der Waals surface area contributed by atoms with Crippen molar-refractivity contribution < 1.29 is 14.4 Å². The number of hydrogen-bond acceptors (Lipinski definition) is 3. The molecule has 2 fully saturated rings. The molecule has 0 radical (unpaired) electrons. The maximum atomic E-state index is 13.2. The molecule has 3 amide bonds. The number of piperidine rings is 1. The van der Waals surface area contributed by atoms with Gasteiger partial charge in [-0.1, -0.05) is 12.8 Å². The molecule has 2 aliphatic rings. The first kappa shape index (κ1) is 18.4. The predicted molar refractivity (Wildman–Crippen MR) is 101 cm³/mol. The van der Waals surface area contributed by atoms with Crippen LogP contribution in [0.15, 0.2) is 18.2 Å². The second-order valence-corrected chi connectivity index (χ2v) is 7.41. The van der Waals surface area contributed by atoms with Gasteiger partial charge in [0, 0.05) is 43.4 Å². The number of nitrogens with zero attached hydrogens (tertiary/aromatic N) is 1. The van der Waals surface area contributed by atoms with Crippen molar-refractivity contribution in [3.63, 3.8) is 0 Å². The van der Waals surface area contributed by atoms with Crippen molar-refractivity contribution in [3.05, 3.63) is 23.8 Å². The zero-order chi connectivity index (χ0) is 18.7. The lowest BCUT2D eigenvalue weighted by molar-refractivity contribution is -0.115. The maximum absolute atomic E-state index is 13.2. The summed E-state index contributed by atoms with van der Waals surface area (Å²) in [6.07, 6.45) is 6.95. The van der Waals surface area contributed by atoms with Crippen LogP contribution in [0.4, 0.5) is 11.4 Å². The van der Waals surface area contributed by atoms with Gasteiger partial charge in [0.05, 0.1) is 0 Å². The number of benzene rings is 1. The second kappa shape index (κ2) is 7.89. The number of carbonyl (C=O) groups is 3. The minimum absolute atomic E-state index is 0.0135. The van der Waals surface area contributed by atoms with Gasteiger partial charge in [0.25, 0.3) is 5.91 Å². The summed E-state index contributed by atoms with van der Waals surface area (Å²) in [6, 6.07) is 5.38. The van der Waals surface area contributed by atoms with E-state index in [2.05, 4.69) is 10.6 Å². The molecule has 2 N–H and O–H groups in total. The highest BCUT2D eigenvalue weighted by molar-refractivity contribution is 6.00. The van der Waals surface area contributed by atoms with Gasteiger partial charge in [0.2, 0.25) is 11.8 Å². The molecular weight excluding hydrogens is 330 g/mol. The number of rotatable bonds is 3. The van der Waals surface area contributed by atoms with Crippen LogP contribution in [0.2, 0.25) is 0 Å². The summed E-state index contributed by atoms with van der Waals surface area (Å²) < 4.78 is 0. The lowest BCUT2D eigenvalue weighted by Crippen LogP contribution is -2.49. The summed E-state index contributed by atoms with van der Waals surface area (Å²) in [5, 5.41) is 5.42. The van der Waals surface area contributed by atoms with Crippen LogP contribution < -0.4 is 10.6 Å². The van der Waals surface area contributed by atoms with Crippen molar-refractivity contribution >= 4 is 29.1 Å². The van der Waals surface area contributed by atoms with Crippen molar-refractivity contribution in [2.45, 2.75) is 58.4 Å². The van der Waals surface area contributed by atoms with Gasteiger partial charge in [-0.05, 0) is 49.8 Å². The summed E-state index contributed by atoms with van der Waals surface area (Å²) in [7, 11) is 0. The number of anilines is 2. The van der Waals surface area contributed by atoms with E-state index in [0.29, 0.717) is 28.9 Å². The topological polar surface area (TPSA) is 78.5 Å². The molecule has 1 saturated carbocycles. The van der Waals surface area contributed by atoms with E-state index < -0.39 is 0 Å². The van der Waals surface area contributed by atoms with Gasteiger partial charge in [-0.25, -0.2) is 0 Å². The molecule has 0 aromatic heterocycles. The highest BCUT2D eigenvalue weighted by Crippen LogP contribution is 2.36. The van der Waals surface area contributed by atoms with Crippen LogP contribution in [-0.4, -0.2) is 35.2 Å².